The second kappa shape index (κ2) is 8.57. The monoisotopic (exact) mass is 371 g/mol. The number of ether oxygens (including phenoxy) is 1. The summed E-state index contributed by atoms with van der Waals surface area (Å²) in [7, 11) is 5.13. The van der Waals surface area contributed by atoms with Gasteiger partial charge in [0.1, 0.15) is 12.3 Å². The first-order valence-electron chi connectivity index (χ1n) is 9.51. The lowest BCUT2D eigenvalue weighted by atomic mass is 9.94. The molecule has 0 saturated carbocycles. The van der Waals surface area contributed by atoms with E-state index in [-0.39, 0.29) is 30.3 Å². The smallest absolute Gasteiger partial charge is 0.241 e. The Hall–Kier alpha value is -2.34. The number of carbonyl (C=O) groups is 2. The Morgan fingerprint density at radius 1 is 1.22 bits per heavy atom. The van der Waals surface area contributed by atoms with Crippen LogP contribution in [0.15, 0.2) is 30.3 Å². The minimum Gasteiger partial charge on any atom is -0.497 e. The third-order valence-corrected chi connectivity index (χ3v) is 5.46. The predicted octanol–water partition coefficient (Wildman–Crippen LogP) is 1.72. The summed E-state index contributed by atoms with van der Waals surface area (Å²) in [6.07, 6.45) is 6.15. The molecule has 2 bridgehead atoms. The van der Waals surface area contributed by atoms with E-state index < -0.39 is 0 Å². The molecule has 0 aromatic heterocycles. The molecule has 0 aliphatic carbocycles. The third kappa shape index (κ3) is 4.69. The predicted molar refractivity (Wildman–Crippen MR) is 105 cm³/mol. The molecular weight excluding hydrogens is 342 g/mol. The number of hydrogen-bond donors (Lipinski definition) is 0. The summed E-state index contributed by atoms with van der Waals surface area (Å²) in [5.41, 5.74) is 1.13. The van der Waals surface area contributed by atoms with Gasteiger partial charge in [0.15, 0.2) is 0 Å². The van der Waals surface area contributed by atoms with Gasteiger partial charge in [0.25, 0.3) is 0 Å². The van der Waals surface area contributed by atoms with Crippen molar-refractivity contribution < 1.29 is 14.3 Å². The second-order valence-corrected chi connectivity index (χ2v) is 7.58. The fourth-order valence-electron chi connectivity index (χ4n) is 3.83. The normalized spacial score (nSPS) is 22.9. The van der Waals surface area contributed by atoms with Gasteiger partial charge in [-0.05, 0) is 30.5 Å². The van der Waals surface area contributed by atoms with Crippen LogP contribution in [0.3, 0.4) is 0 Å². The lowest BCUT2D eigenvalue weighted by Crippen LogP contribution is -2.51. The first-order chi connectivity index (χ1) is 13.0. The van der Waals surface area contributed by atoms with Crippen molar-refractivity contribution in [1.29, 1.82) is 0 Å². The van der Waals surface area contributed by atoms with Crippen molar-refractivity contribution in [3.63, 3.8) is 0 Å². The van der Waals surface area contributed by atoms with Crippen molar-refractivity contribution in [2.75, 3.05) is 47.4 Å². The van der Waals surface area contributed by atoms with Crippen LogP contribution in [-0.4, -0.2) is 79.9 Å². The molecule has 4 rings (SSSR count). The number of benzene rings is 1. The van der Waals surface area contributed by atoms with Crippen LogP contribution in [0.4, 0.5) is 0 Å². The number of piperidine rings is 1. The van der Waals surface area contributed by atoms with Crippen LogP contribution >= 0.6 is 0 Å². The van der Waals surface area contributed by atoms with E-state index in [4.69, 9.17) is 4.74 Å². The maximum Gasteiger partial charge on any atom is 0.241 e. The lowest BCUT2D eigenvalue weighted by molar-refractivity contribution is -0.145. The topological polar surface area (TPSA) is 53.1 Å². The van der Waals surface area contributed by atoms with Gasteiger partial charge in [-0.3, -0.25) is 14.5 Å². The molecule has 3 aliphatic rings. The van der Waals surface area contributed by atoms with Crippen LogP contribution in [0.5, 0.6) is 5.75 Å². The van der Waals surface area contributed by atoms with Crippen molar-refractivity contribution in [2.24, 2.45) is 5.92 Å². The minimum absolute atomic E-state index is 0.00750. The van der Waals surface area contributed by atoms with Gasteiger partial charge in [-0.15, -0.1) is 0 Å². The zero-order valence-electron chi connectivity index (χ0n) is 16.4. The van der Waals surface area contributed by atoms with Gasteiger partial charge in [-0.1, -0.05) is 24.3 Å². The fraction of sp³-hybridized carbons (Fsp3) is 0.524. The molecule has 1 aromatic rings. The first-order valence-corrected chi connectivity index (χ1v) is 9.51. The number of methoxy groups -OCH3 is 1. The van der Waals surface area contributed by atoms with E-state index in [2.05, 4.69) is 17.1 Å². The molecule has 6 heteroatoms. The number of nitrogens with zero attached hydrogens (tertiary/aromatic N) is 3. The molecule has 0 N–H and O–H groups in total. The number of fused-ring (bicyclic) bond motifs is 4. The standard InChI is InChI=1S/C21H29N3O3/c1-22(2)20(25)15-24-18-9-8-17(21(24)26)13-23(14-18)12-4-5-16-6-10-19(27-3)11-7-16/h4-7,10-11,17-18H,8-9,12-15H2,1-3H3/b5-4+/t17-,18+/m1/s1. The maximum atomic E-state index is 12.8. The Bertz CT molecular complexity index is 699. The Labute approximate surface area is 161 Å². The molecule has 1 aromatic carbocycles. The molecule has 146 valence electrons. The zero-order chi connectivity index (χ0) is 19.4. The Balaban J connectivity index is 1.61. The minimum atomic E-state index is -0.0122. The molecule has 0 unspecified atom stereocenters. The summed E-state index contributed by atoms with van der Waals surface area (Å²) in [6.45, 7) is 2.61. The highest BCUT2D eigenvalue weighted by atomic mass is 16.5. The Morgan fingerprint density at radius 3 is 2.63 bits per heavy atom. The number of amides is 2. The van der Waals surface area contributed by atoms with E-state index in [9.17, 15) is 9.59 Å². The van der Waals surface area contributed by atoms with E-state index in [1.165, 1.54) is 0 Å². The quantitative estimate of drug-likeness (QED) is 0.764. The molecule has 2 atom stereocenters. The molecule has 3 saturated heterocycles. The van der Waals surface area contributed by atoms with E-state index >= 15 is 0 Å². The molecule has 6 nitrogen and oxygen atoms in total. The number of carbonyl (C=O) groups excluding carboxylic acids is 2. The number of hydrogen-bond acceptors (Lipinski definition) is 4. The third-order valence-electron chi connectivity index (χ3n) is 5.46. The summed E-state index contributed by atoms with van der Waals surface area (Å²) < 4.78 is 5.18. The van der Waals surface area contributed by atoms with Crippen LogP contribution in [0.1, 0.15) is 18.4 Å². The second-order valence-electron chi connectivity index (χ2n) is 7.58. The molecule has 3 aliphatic heterocycles. The van der Waals surface area contributed by atoms with E-state index in [0.29, 0.717) is 0 Å². The van der Waals surface area contributed by atoms with Crippen molar-refractivity contribution in [3.8, 4) is 5.75 Å². The average Bonchev–Trinajstić information content (AvgIpc) is 2.94. The highest BCUT2D eigenvalue weighted by molar-refractivity contribution is 5.86. The van der Waals surface area contributed by atoms with Crippen LogP contribution in [0, 0.1) is 5.92 Å². The van der Waals surface area contributed by atoms with Crippen molar-refractivity contribution in [1.82, 2.24) is 14.7 Å². The van der Waals surface area contributed by atoms with Crippen LogP contribution in [0.2, 0.25) is 0 Å². The molecule has 0 radical (unpaired) electrons. The Morgan fingerprint density at radius 2 is 1.96 bits per heavy atom. The SMILES string of the molecule is COc1ccc(/C=C/CN2C[C@H]3CC[C@@H](C2)N(CC(=O)N(C)C)C3=O)cc1. The molecule has 3 fully saturated rings. The van der Waals surface area contributed by atoms with Crippen LogP contribution < -0.4 is 4.74 Å². The summed E-state index contributed by atoms with van der Waals surface area (Å²) in [6, 6.07) is 8.09. The van der Waals surface area contributed by atoms with Gasteiger partial charge in [0.05, 0.1) is 13.0 Å². The molecular formula is C21H29N3O3. The maximum absolute atomic E-state index is 12.8. The van der Waals surface area contributed by atoms with Gasteiger partial charge >= 0.3 is 0 Å². The summed E-state index contributed by atoms with van der Waals surface area (Å²) >= 11 is 0. The van der Waals surface area contributed by atoms with Crippen LogP contribution in [-0.2, 0) is 9.59 Å². The summed E-state index contributed by atoms with van der Waals surface area (Å²) in [5.74, 6) is 0.986. The van der Waals surface area contributed by atoms with Crippen molar-refractivity contribution in [2.45, 2.75) is 18.9 Å². The van der Waals surface area contributed by atoms with Crippen molar-refractivity contribution in [3.05, 3.63) is 35.9 Å². The van der Waals surface area contributed by atoms with Gasteiger partial charge < -0.3 is 14.5 Å². The highest BCUT2D eigenvalue weighted by Gasteiger charge is 2.41. The largest absolute Gasteiger partial charge is 0.497 e. The van der Waals surface area contributed by atoms with Gasteiger partial charge in [0, 0.05) is 39.8 Å². The first kappa shape index (κ1) is 19.4. The summed E-state index contributed by atoms with van der Waals surface area (Å²) in [5, 5.41) is 0. The number of likely N-dealkylation sites (N-methyl/N-ethyl adjacent to an activating group) is 1. The van der Waals surface area contributed by atoms with Gasteiger partial charge in [-0.25, -0.2) is 0 Å². The zero-order valence-corrected chi connectivity index (χ0v) is 16.4. The molecule has 3 heterocycles. The molecule has 2 amide bonds. The van der Waals surface area contributed by atoms with E-state index in [1.54, 1.807) is 26.1 Å². The van der Waals surface area contributed by atoms with E-state index in [1.807, 2.05) is 29.2 Å². The highest BCUT2D eigenvalue weighted by Crippen LogP contribution is 2.29. The van der Waals surface area contributed by atoms with Gasteiger partial charge in [0.2, 0.25) is 11.8 Å². The summed E-state index contributed by atoms with van der Waals surface area (Å²) in [4.78, 5) is 30.6. The fourth-order valence-corrected chi connectivity index (χ4v) is 3.83. The van der Waals surface area contributed by atoms with E-state index in [0.717, 1.165) is 43.8 Å². The van der Waals surface area contributed by atoms with Crippen LogP contribution in [0.25, 0.3) is 6.08 Å². The van der Waals surface area contributed by atoms with Gasteiger partial charge in [-0.2, -0.15) is 0 Å². The average molecular weight is 371 g/mol. The Kier molecular flexibility index (Phi) is 6.16. The molecule has 27 heavy (non-hydrogen) atoms. The lowest BCUT2D eigenvalue weighted by Gasteiger charge is -2.36. The molecule has 0 spiro atoms. The number of rotatable bonds is 6. The van der Waals surface area contributed by atoms with Crippen molar-refractivity contribution >= 4 is 17.9 Å².